The monoisotopic (exact) mass is 336 g/mol. The Hall–Kier alpha value is -1.63. The maximum absolute atomic E-state index is 12.5. The van der Waals surface area contributed by atoms with Crippen LogP contribution in [0.15, 0.2) is 24.3 Å². The van der Waals surface area contributed by atoms with E-state index in [-0.39, 0.29) is 11.3 Å². The Morgan fingerprint density at radius 3 is 2.71 bits per heavy atom. The summed E-state index contributed by atoms with van der Waals surface area (Å²) in [7, 11) is 3.34. The topological polar surface area (TPSA) is 68.8 Å². The zero-order chi connectivity index (χ0) is 17.3. The second-order valence-electron chi connectivity index (χ2n) is 6.23. The van der Waals surface area contributed by atoms with Crippen molar-refractivity contribution >= 4 is 5.91 Å². The Bertz CT molecular complexity index is 510. The summed E-state index contributed by atoms with van der Waals surface area (Å²) in [6, 6.07) is 7.22. The fraction of sp³-hybridized carbons (Fsp3) is 0.611. The average molecular weight is 336 g/mol. The first kappa shape index (κ1) is 18.7. The number of rotatable bonds is 9. The fourth-order valence-electron chi connectivity index (χ4n) is 2.98. The highest BCUT2D eigenvalue weighted by Gasteiger charge is 2.32. The van der Waals surface area contributed by atoms with Crippen molar-refractivity contribution in [1.82, 2.24) is 10.6 Å². The van der Waals surface area contributed by atoms with Crippen LogP contribution in [-0.2, 0) is 9.47 Å². The largest absolute Gasteiger partial charge is 0.491 e. The number of nitrogens with one attached hydrogen (secondary N) is 2. The zero-order valence-corrected chi connectivity index (χ0v) is 14.6. The van der Waals surface area contributed by atoms with Crippen LogP contribution in [0.1, 0.15) is 23.2 Å². The third-order valence-electron chi connectivity index (χ3n) is 4.39. The van der Waals surface area contributed by atoms with Crippen molar-refractivity contribution in [3.05, 3.63) is 29.8 Å². The van der Waals surface area contributed by atoms with E-state index >= 15 is 0 Å². The quantitative estimate of drug-likeness (QED) is 0.668. The molecule has 0 aliphatic carbocycles. The zero-order valence-electron chi connectivity index (χ0n) is 14.6. The number of hydrogen-bond donors (Lipinski definition) is 2. The summed E-state index contributed by atoms with van der Waals surface area (Å²) in [5.41, 5.74) is 0.619. The van der Waals surface area contributed by atoms with Gasteiger partial charge in [0.2, 0.25) is 0 Å². The van der Waals surface area contributed by atoms with E-state index in [0.717, 1.165) is 25.9 Å². The lowest BCUT2D eigenvalue weighted by atomic mass is 9.79. The third-order valence-corrected chi connectivity index (χ3v) is 4.39. The molecular formula is C18H28N2O4. The number of piperidine rings is 1. The van der Waals surface area contributed by atoms with Gasteiger partial charge in [0, 0.05) is 31.7 Å². The number of hydrogen-bond acceptors (Lipinski definition) is 5. The second kappa shape index (κ2) is 9.61. The molecule has 0 unspecified atom stereocenters. The van der Waals surface area contributed by atoms with Gasteiger partial charge in [-0.1, -0.05) is 6.07 Å². The van der Waals surface area contributed by atoms with Gasteiger partial charge in [0.05, 0.1) is 13.2 Å². The van der Waals surface area contributed by atoms with Crippen molar-refractivity contribution < 1.29 is 19.0 Å². The third kappa shape index (κ3) is 5.47. The summed E-state index contributed by atoms with van der Waals surface area (Å²) < 4.78 is 15.9. The van der Waals surface area contributed by atoms with Crippen LogP contribution in [0, 0.1) is 5.41 Å². The molecule has 0 atom stereocenters. The lowest BCUT2D eigenvalue weighted by molar-refractivity contribution is 0.0511. The summed E-state index contributed by atoms with van der Waals surface area (Å²) in [6.07, 6.45) is 2.00. The molecule has 1 aliphatic rings. The lowest BCUT2D eigenvalue weighted by Gasteiger charge is -2.37. The number of methoxy groups -OCH3 is 2. The van der Waals surface area contributed by atoms with Crippen LogP contribution in [-0.4, -0.2) is 59.6 Å². The normalized spacial score (nSPS) is 16.6. The Kier molecular flexibility index (Phi) is 7.49. The molecule has 0 aromatic heterocycles. The lowest BCUT2D eigenvalue weighted by Crippen LogP contribution is -2.47. The van der Waals surface area contributed by atoms with Crippen LogP contribution in [0.2, 0.25) is 0 Å². The maximum Gasteiger partial charge on any atom is 0.251 e. The first-order valence-electron chi connectivity index (χ1n) is 8.39. The molecule has 1 aromatic carbocycles. The van der Waals surface area contributed by atoms with Crippen LogP contribution < -0.4 is 15.4 Å². The van der Waals surface area contributed by atoms with E-state index in [2.05, 4.69) is 10.6 Å². The molecule has 6 nitrogen and oxygen atoms in total. The van der Waals surface area contributed by atoms with Crippen molar-refractivity contribution in [2.24, 2.45) is 5.41 Å². The summed E-state index contributed by atoms with van der Waals surface area (Å²) in [4.78, 5) is 12.5. The van der Waals surface area contributed by atoms with E-state index < -0.39 is 0 Å². The van der Waals surface area contributed by atoms with Crippen LogP contribution >= 0.6 is 0 Å². The molecule has 1 aromatic rings. The SMILES string of the molecule is COCCOc1cccc(C(=O)NCC2(COC)CCNCC2)c1. The van der Waals surface area contributed by atoms with Gasteiger partial charge in [0.1, 0.15) is 12.4 Å². The predicted octanol–water partition coefficient (Wildman–Crippen LogP) is 1.46. The molecule has 1 heterocycles. The van der Waals surface area contributed by atoms with Gasteiger partial charge in [-0.25, -0.2) is 0 Å². The smallest absolute Gasteiger partial charge is 0.251 e. The van der Waals surface area contributed by atoms with Gasteiger partial charge in [0.15, 0.2) is 0 Å². The maximum atomic E-state index is 12.5. The van der Waals surface area contributed by atoms with Gasteiger partial charge in [0.25, 0.3) is 5.91 Å². The van der Waals surface area contributed by atoms with Crippen molar-refractivity contribution in [1.29, 1.82) is 0 Å². The molecule has 0 spiro atoms. The van der Waals surface area contributed by atoms with E-state index in [4.69, 9.17) is 14.2 Å². The number of carbonyl (C=O) groups is 1. The van der Waals surface area contributed by atoms with E-state index in [0.29, 0.717) is 37.7 Å². The molecule has 2 rings (SSSR count). The first-order valence-corrected chi connectivity index (χ1v) is 8.39. The molecule has 1 saturated heterocycles. The van der Waals surface area contributed by atoms with Crippen LogP contribution in [0.25, 0.3) is 0 Å². The van der Waals surface area contributed by atoms with Crippen molar-refractivity contribution in [3.63, 3.8) is 0 Å². The van der Waals surface area contributed by atoms with E-state index in [1.165, 1.54) is 0 Å². The van der Waals surface area contributed by atoms with Crippen LogP contribution in [0.4, 0.5) is 0 Å². The van der Waals surface area contributed by atoms with Gasteiger partial charge >= 0.3 is 0 Å². The van der Waals surface area contributed by atoms with Crippen LogP contribution in [0.3, 0.4) is 0 Å². The molecule has 0 radical (unpaired) electrons. The fourth-order valence-corrected chi connectivity index (χ4v) is 2.98. The minimum absolute atomic E-state index is 0.0161. The Morgan fingerprint density at radius 1 is 1.21 bits per heavy atom. The molecule has 6 heteroatoms. The van der Waals surface area contributed by atoms with Gasteiger partial charge < -0.3 is 24.8 Å². The summed E-state index contributed by atoms with van der Waals surface area (Å²) >= 11 is 0. The Labute approximate surface area is 143 Å². The number of ether oxygens (including phenoxy) is 3. The molecule has 0 bridgehead atoms. The van der Waals surface area contributed by atoms with E-state index in [1.807, 2.05) is 12.1 Å². The highest BCUT2D eigenvalue weighted by atomic mass is 16.5. The minimum atomic E-state index is -0.0822. The minimum Gasteiger partial charge on any atom is -0.491 e. The van der Waals surface area contributed by atoms with E-state index in [9.17, 15) is 4.79 Å². The van der Waals surface area contributed by atoms with Crippen molar-refractivity contribution in [3.8, 4) is 5.75 Å². The standard InChI is InChI=1S/C18H28N2O4/c1-22-10-11-24-16-5-3-4-15(12-16)17(21)20-13-18(14-23-2)6-8-19-9-7-18/h3-5,12,19H,6-11,13-14H2,1-2H3,(H,20,21). The summed E-state index contributed by atoms with van der Waals surface area (Å²) in [5.74, 6) is 0.592. The highest BCUT2D eigenvalue weighted by molar-refractivity contribution is 5.94. The van der Waals surface area contributed by atoms with Crippen LogP contribution in [0.5, 0.6) is 5.75 Å². The van der Waals surface area contributed by atoms with Gasteiger partial charge in [-0.05, 0) is 44.1 Å². The van der Waals surface area contributed by atoms with E-state index in [1.54, 1.807) is 26.4 Å². The second-order valence-corrected chi connectivity index (χ2v) is 6.23. The number of carbonyl (C=O) groups excluding carboxylic acids is 1. The Balaban J connectivity index is 1.92. The molecule has 134 valence electrons. The molecule has 0 saturated carbocycles. The average Bonchev–Trinajstić information content (AvgIpc) is 2.61. The summed E-state index contributed by atoms with van der Waals surface area (Å²) in [5, 5.41) is 6.42. The number of benzene rings is 1. The number of amides is 1. The van der Waals surface area contributed by atoms with Crippen molar-refractivity contribution in [2.75, 3.05) is 53.7 Å². The van der Waals surface area contributed by atoms with Gasteiger partial charge in [-0.15, -0.1) is 0 Å². The molecule has 24 heavy (non-hydrogen) atoms. The van der Waals surface area contributed by atoms with Crippen molar-refractivity contribution in [2.45, 2.75) is 12.8 Å². The molecular weight excluding hydrogens is 308 g/mol. The molecule has 2 N–H and O–H groups in total. The first-order chi connectivity index (χ1) is 11.7. The molecule has 1 aliphatic heterocycles. The molecule has 1 fully saturated rings. The predicted molar refractivity (Wildman–Crippen MR) is 92.6 cm³/mol. The highest BCUT2D eigenvalue weighted by Crippen LogP contribution is 2.28. The summed E-state index contributed by atoms with van der Waals surface area (Å²) in [6.45, 7) is 4.19. The van der Waals surface area contributed by atoms with Gasteiger partial charge in [-0.2, -0.15) is 0 Å². The van der Waals surface area contributed by atoms with Gasteiger partial charge in [-0.3, -0.25) is 4.79 Å². The Morgan fingerprint density at radius 2 is 2.00 bits per heavy atom. The molecule has 1 amide bonds.